The summed E-state index contributed by atoms with van der Waals surface area (Å²) in [6.07, 6.45) is 3.51. The normalized spacial score (nSPS) is 14.3. The number of carbonyl (C=O) groups is 2. The fourth-order valence-corrected chi connectivity index (χ4v) is 4.01. The van der Waals surface area contributed by atoms with E-state index in [0.717, 1.165) is 38.7 Å². The Morgan fingerprint density at radius 1 is 0.968 bits per heavy atom. The van der Waals surface area contributed by atoms with Crippen molar-refractivity contribution in [2.75, 3.05) is 49.5 Å². The average Bonchev–Trinajstić information content (AvgIpc) is 3.36. The van der Waals surface area contributed by atoms with Gasteiger partial charge in [0.25, 0.3) is 11.8 Å². The summed E-state index contributed by atoms with van der Waals surface area (Å²) < 4.78 is 0. The molecule has 3 aromatic rings. The molecule has 1 fully saturated rings. The highest BCUT2D eigenvalue weighted by Crippen LogP contribution is 2.15. The molecule has 2 N–H and O–H groups in total. The predicted molar refractivity (Wildman–Crippen MR) is 122 cm³/mol. The molecule has 9 heteroatoms. The van der Waals surface area contributed by atoms with E-state index in [-0.39, 0.29) is 11.8 Å². The predicted octanol–water partition coefficient (Wildman–Crippen LogP) is 2.34. The number of amides is 2. The van der Waals surface area contributed by atoms with E-state index >= 15 is 0 Å². The van der Waals surface area contributed by atoms with Crippen LogP contribution in [0.2, 0.25) is 0 Å². The molecule has 0 aliphatic carbocycles. The fourth-order valence-electron chi connectivity index (χ4n) is 3.39. The van der Waals surface area contributed by atoms with Crippen LogP contribution in [0.1, 0.15) is 20.0 Å². The molecule has 0 unspecified atom stereocenters. The van der Waals surface area contributed by atoms with Gasteiger partial charge in [-0.25, -0.2) is 9.97 Å². The molecule has 1 saturated heterocycles. The summed E-state index contributed by atoms with van der Waals surface area (Å²) in [6.45, 7) is 4.88. The van der Waals surface area contributed by atoms with Gasteiger partial charge < -0.3 is 15.5 Å². The molecule has 0 bridgehead atoms. The minimum atomic E-state index is -0.174. The summed E-state index contributed by atoms with van der Waals surface area (Å²) in [4.78, 5) is 38.4. The third kappa shape index (κ3) is 5.65. The van der Waals surface area contributed by atoms with Gasteiger partial charge in [-0.3, -0.25) is 14.5 Å². The van der Waals surface area contributed by atoms with Gasteiger partial charge in [-0.2, -0.15) is 0 Å². The van der Waals surface area contributed by atoms with Crippen molar-refractivity contribution >= 4 is 34.8 Å². The summed E-state index contributed by atoms with van der Waals surface area (Å²) in [5, 5.41) is 7.66. The molecule has 8 nitrogen and oxygen atoms in total. The van der Waals surface area contributed by atoms with Crippen LogP contribution in [0.4, 0.5) is 11.6 Å². The molecule has 0 saturated carbocycles. The van der Waals surface area contributed by atoms with Crippen molar-refractivity contribution in [2.45, 2.75) is 0 Å². The van der Waals surface area contributed by atoms with Gasteiger partial charge in [-0.1, -0.05) is 12.1 Å². The Kier molecular flexibility index (Phi) is 6.85. The van der Waals surface area contributed by atoms with Crippen molar-refractivity contribution < 1.29 is 9.59 Å². The van der Waals surface area contributed by atoms with E-state index in [2.05, 4.69) is 30.4 Å². The van der Waals surface area contributed by atoms with Gasteiger partial charge >= 0.3 is 0 Å². The second-order valence-electron chi connectivity index (χ2n) is 7.15. The lowest BCUT2D eigenvalue weighted by atomic mass is 10.2. The highest BCUT2D eigenvalue weighted by molar-refractivity contribution is 7.12. The minimum Gasteiger partial charge on any atom is -0.351 e. The van der Waals surface area contributed by atoms with Crippen molar-refractivity contribution in [3.8, 4) is 0 Å². The number of thiophene rings is 1. The maximum Gasteiger partial charge on any atom is 0.265 e. The monoisotopic (exact) mass is 436 g/mol. The first kappa shape index (κ1) is 21.0. The van der Waals surface area contributed by atoms with Gasteiger partial charge in [0.15, 0.2) is 0 Å². The quantitative estimate of drug-likeness (QED) is 0.591. The summed E-state index contributed by atoms with van der Waals surface area (Å²) in [5.41, 5.74) is 1.13. The molecule has 0 spiro atoms. The van der Waals surface area contributed by atoms with Crippen LogP contribution in [0.25, 0.3) is 0 Å². The van der Waals surface area contributed by atoms with Crippen molar-refractivity contribution in [3.63, 3.8) is 0 Å². The van der Waals surface area contributed by atoms with E-state index < -0.39 is 0 Å². The lowest BCUT2D eigenvalue weighted by Crippen LogP contribution is -2.49. The summed E-state index contributed by atoms with van der Waals surface area (Å²) in [6, 6.07) is 12.4. The molecule has 1 aromatic carbocycles. The van der Waals surface area contributed by atoms with Gasteiger partial charge in [0, 0.05) is 62.9 Å². The van der Waals surface area contributed by atoms with Crippen molar-refractivity contribution in [1.82, 2.24) is 20.2 Å². The first-order valence-electron chi connectivity index (χ1n) is 10.2. The molecule has 4 rings (SSSR count). The van der Waals surface area contributed by atoms with Gasteiger partial charge in [0.1, 0.15) is 0 Å². The molecule has 0 radical (unpaired) electrons. The maximum absolute atomic E-state index is 12.5. The van der Waals surface area contributed by atoms with Crippen LogP contribution < -0.4 is 15.5 Å². The molecule has 2 amide bonds. The number of hydrogen-bond donors (Lipinski definition) is 2. The Morgan fingerprint density at radius 3 is 2.52 bits per heavy atom. The Bertz CT molecular complexity index is 1000. The zero-order valence-electron chi connectivity index (χ0n) is 17.0. The third-order valence-corrected chi connectivity index (χ3v) is 5.92. The number of piperazine rings is 1. The van der Waals surface area contributed by atoms with E-state index in [9.17, 15) is 9.59 Å². The van der Waals surface area contributed by atoms with E-state index in [0.29, 0.717) is 22.7 Å². The fraction of sp³-hybridized carbons (Fsp3) is 0.273. The number of hydrogen-bond acceptors (Lipinski definition) is 7. The Balaban J connectivity index is 1.22. The Labute approximate surface area is 184 Å². The summed E-state index contributed by atoms with van der Waals surface area (Å²) in [5.74, 6) is 0.442. The molecule has 160 valence electrons. The van der Waals surface area contributed by atoms with Crippen LogP contribution in [0.15, 0.2) is 60.2 Å². The number of anilines is 2. The van der Waals surface area contributed by atoms with E-state index in [1.807, 2.05) is 17.5 Å². The van der Waals surface area contributed by atoms with Gasteiger partial charge in [-0.05, 0) is 35.7 Å². The number of nitrogens with zero attached hydrogens (tertiary/aromatic N) is 4. The van der Waals surface area contributed by atoms with Gasteiger partial charge in [0.2, 0.25) is 5.95 Å². The van der Waals surface area contributed by atoms with Crippen LogP contribution in [0.5, 0.6) is 0 Å². The second kappa shape index (κ2) is 10.1. The molecular formula is C22H24N6O2S. The van der Waals surface area contributed by atoms with E-state index in [4.69, 9.17) is 0 Å². The van der Waals surface area contributed by atoms with Gasteiger partial charge in [-0.15, -0.1) is 11.3 Å². The molecular weight excluding hydrogens is 412 g/mol. The lowest BCUT2D eigenvalue weighted by Gasteiger charge is -2.34. The summed E-state index contributed by atoms with van der Waals surface area (Å²) in [7, 11) is 0. The number of benzene rings is 1. The SMILES string of the molecule is O=C(NCCN1CCN(c2ncccn2)CC1)c1cccc(NC(=O)c2cccs2)c1. The van der Waals surface area contributed by atoms with E-state index in [1.54, 1.807) is 42.7 Å². The van der Waals surface area contributed by atoms with Crippen molar-refractivity contribution in [3.05, 3.63) is 70.7 Å². The van der Waals surface area contributed by atoms with Crippen molar-refractivity contribution in [1.29, 1.82) is 0 Å². The van der Waals surface area contributed by atoms with Crippen LogP contribution in [-0.2, 0) is 0 Å². The zero-order valence-corrected chi connectivity index (χ0v) is 17.8. The molecule has 1 aliphatic heterocycles. The largest absolute Gasteiger partial charge is 0.351 e. The number of aromatic nitrogens is 2. The highest BCUT2D eigenvalue weighted by atomic mass is 32.1. The van der Waals surface area contributed by atoms with Gasteiger partial charge in [0.05, 0.1) is 4.88 Å². The molecule has 31 heavy (non-hydrogen) atoms. The minimum absolute atomic E-state index is 0.149. The number of nitrogens with one attached hydrogen (secondary N) is 2. The molecule has 1 aliphatic rings. The Hall–Kier alpha value is -3.30. The standard InChI is InChI=1S/C22H24N6O2S/c29-20(17-4-1-5-18(16-17)26-21(30)19-6-2-15-31-19)23-9-10-27-11-13-28(14-12-27)22-24-7-3-8-25-22/h1-8,15-16H,9-14H2,(H,23,29)(H,26,30). The van der Waals surface area contributed by atoms with Crippen LogP contribution in [0.3, 0.4) is 0 Å². The first-order valence-corrected chi connectivity index (χ1v) is 11.0. The Morgan fingerprint density at radius 2 is 1.77 bits per heavy atom. The van der Waals surface area contributed by atoms with Crippen molar-refractivity contribution in [2.24, 2.45) is 0 Å². The molecule has 3 heterocycles. The average molecular weight is 437 g/mol. The van der Waals surface area contributed by atoms with Crippen LogP contribution >= 0.6 is 11.3 Å². The number of rotatable bonds is 7. The second-order valence-corrected chi connectivity index (χ2v) is 8.09. The molecule has 0 atom stereocenters. The van der Waals surface area contributed by atoms with Crippen LogP contribution in [0, 0.1) is 0 Å². The summed E-state index contributed by atoms with van der Waals surface area (Å²) >= 11 is 1.38. The zero-order chi connectivity index (χ0) is 21.5. The lowest BCUT2D eigenvalue weighted by molar-refractivity contribution is 0.0946. The van der Waals surface area contributed by atoms with Crippen LogP contribution in [-0.4, -0.2) is 66.0 Å². The topological polar surface area (TPSA) is 90.5 Å². The highest BCUT2D eigenvalue weighted by Gasteiger charge is 2.18. The maximum atomic E-state index is 12.5. The van der Waals surface area contributed by atoms with E-state index in [1.165, 1.54) is 11.3 Å². The third-order valence-electron chi connectivity index (χ3n) is 5.05. The smallest absolute Gasteiger partial charge is 0.265 e. The number of carbonyl (C=O) groups excluding carboxylic acids is 2. The molecule has 2 aromatic heterocycles. The first-order chi connectivity index (χ1) is 15.2.